The summed E-state index contributed by atoms with van der Waals surface area (Å²) in [4.78, 5) is 2.35. The molecule has 2 fully saturated rings. The third-order valence-electron chi connectivity index (χ3n) is 5.59. The molecule has 1 aromatic carbocycles. The molecule has 0 spiro atoms. The fraction of sp³-hybridized carbons (Fsp3) is 0.684. The van der Waals surface area contributed by atoms with Crippen LogP contribution < -0.4 is 0 Å². The minimum atomic E-state index is -0.518. The molecule has 1 saturated heterocycles. The smallest absolute Gasteiger partial charge is 0.123 e. The van der Waals surface area contributed by atoms with Crippen molar-refractivity contribution in [1.29, 1.82) is 0 Å². The lowest BCUT2D eigenvalue weighted by Gasteiger charge is -2.40. The van der Waals surface area contributed by atoms with Crippen LogP contribution in [0, 0.1) is 11.7 Å². The van der Waals surface area contributed by atoms with Crippen molar-refractivity contribution >= 4 is 0 Å². The molecule has 0 bridgehead atoms. The molecule has 2 aliphatic rings. The van der Waals surface area contributed by atoms with Gasteiger partial charge in [0.05, 0.1) is 11.7 Å². The highest BCUT2D eigenvalue weighted by atomic mass is 19.1. The van der Waals surface area contributed by atoms with Gasteiger partial charge in [0.1, 0.15) is 5.82 Å². The summed E-state index contributed by atoms with van der Waals surface area (Å²) in [6.45, 7) is 2.61. The van der Waals surface area contributed by atoms with Gasteiger partial charge in [-0.25, -0.2) is 4.39 Å². The molecular weight excluding hydrogens is 293 g/mol. The Morgan fingerprint density at radius 2 is 1.70 bits per heavy atom. The van der Waals surface area contributed by atoms with Gasteiger partial charge in [0.15, 0.2) is 0 Å². The van der Waals surface area contributed by atoms with E-state index in [9.17, 15) is 14.6 Å². The Balaban J connectivity index is 1.50. The van der Waals surface area contributed by atoms with E-state index in [1.807, 2.05) is 0 Å². The van der Waals surface area contributed by atoms with Crippen LogP contribution in [0.4, 0.5) is 4.39 Å². The molecule has 0 amide bonds. The normalized spacial score (nSPS) is 24.5. The van der Waals surface area contributed by atoms with E-state index in [1.165, 1.54) is 18.6 Å². The van der Waals surface area contributed by atoms with Crippen molar-refractivity contribution in [3.63, 3.8) is 0 Å². The third kappa shape index (κ3) is 4.31. The van der Waals surface area contributed by atoms with Gasteiger partial charge in [-0.1, -0.05) is 31.4 Å². The number of piperidine rings is 1. The van der Waals surface area contributed by atoms with Crippen LogP contribution in [0.2, 0.25) is 0 Å². The fourth-order valence-electron chi connectivity index (χ4n) is 4.14. The highest BCUT2D eigenvalue weighted by Gasteiger charge is 2.33. The van der Waals surface area contributed by atoms with Gasteiger partial charge in [0.2, 0.25) is 0 Å². The maximum atomic E-state index is 13.0. The summed E-state index contributed by atoms with van der Waals surface area (Å²) in [6.07, 6.45) is 6.69. The van der Waals surface area contributed by atoms with Crippen molar-refractivity contribution in [3.05, 3.63) is 35.6 Å². The van der Waals surface area contributed by atoms with Crippen LogP contribution in [0.1, 0.15) is 56.6 Å². The van der Waals surface area contributed by atoms with E-state index < -0.39 is 11.7 Å². The van der Waals surface area contributed by atoms with Gasteiger partial charge >= 0.3 is 0 Å². The number of benzene rings is 1. The van der Waals surface area contributed by atoms with Crippen LogP contribution in [-0.4, -0.2) is 40.3 Å². The predicted molar refractivity (Wildman–Crippen MR) is 88.6 cm³/mol. The molecule has 1 atom stereocenters. The van der Waals surface area contributed by atoms with E-state index in [2.05, 4.69) is 4.90 Å². The van der Waals surface area contributed by atoms with Crippen LogP contribution in [0.25, 0.3) is 0 Å². The summed E-state index contributed by atoms with van der Waals surface area (Å²) in [7, 11) is 0. The SMILES string of the molecule is OC(c1ccc(F)cc1)C1CCN(CC2(O)CCCCC2)CC1. The highest BCUT2D eigenvalue weighted by Crippen LogP contribution is 2.33. The molecule has 1 heterocycles. The summed E-state index contributed by atoms with van der Waals surface area (Å²) in [5.74, 6) is -0.0470. The van der Waals surface area contributed by atoms with Gasteiger partial charge in [-0.05, 0) is 62.4 Å². The molecule has 3 rings (SSSR count). The first-order chi connectivity index (χ1) is 11.1. The average molecular weight is 321 g/mol. The first-order valence-corrected chi connectivity index (χ1v) is 8.94. The number of halogens is 1. The summed E-state index contributed by atoms with van der Waals surface area (Å²) in [5.41, 5.74) is 0.302. The number of aliphatic hydroxyl groups is 2. The van der Waals surface area contributed by atoms with Gasteiger partial charge in [0.25, 0.3) is 0 Å². The van der Waals surface area contributed by atoms with E-state index in [0.717, 1.165) is 63.7 Å². The minimum absolute atomic E-state index is 0.220. The monoisotopic (exact) mass is 321 g/mol. The van der Waals surface area contributed by atoms with Crippen LogP contribution in [0.3, 0.4) is 0 Å². The zero-order valence-corrected chi connectivity index (χ0v) is 13.8. The minimum Gasteiger partial charge on any atom is -0.389 e. The van der Waals surface area contributed by atoms with Crippen LogP contribution in [-0.2, 0) is 0 Å². The summed E-state index contributed by atoms with van der Waals surface area (Å²) in [5, 5.41) is 21.2. The first kappa shape index (κ1) is 16.9. The molecule has 23 heavy (non-hydrogen) atoms. The van der Waals surface area contributed by atoms with Gasteiger partial charge in [-0.3, -0.25) is 0 Å². The molecule has 1 aliphatic heterocycles. The summed E-state index contributed by atoms with van der Waals surface area (Å²) < 4.78 is 13.0. The highest BCUT2D eigenvalue weighted by molar-refractivity contribution is 5.19. The second kappa shape index (κ2) is 7.29. The molecule has 0 radical (unpaired) electrons. The molecule has 3 nitrogen and oxygen atoms in total. The molecule has 0 aromatic heterocycles. The van der Waals surface area contributed by atoms with Crippen molar-refractivity contribution in [2.45, 2.75) is 56.7 Å². The number of aliphatic hydroxyl groups excluding tert-OH is 1. The van der Waals surface area contributed by atoms with Crippen molar-refractivity contribution < 1.29 is 14.6 Å². The Morgan fingerprint density at radius 3 is 2.30 bits per heavy atom. The second-order valence-corrected chi connectivity index (χ2v) is 7.39. The molecule has 4 heteroatoms. The Bertz CT molecular complexity index is 491. The van der Waals surface area contributed by atoms with Gasteiger partial charge in [-0.2, -0.15) is 0 Å². The van der Waals surface area contributed by atoms with Gasteiger partial charge in [-0.15, -0.1) is 0 Å². The lowest BCUT2D eigenvalue weighted by atomic mass is 9.83. The summed E-state index contributed by atoms with van der Waals surface area (Å²) in [6, 6.07) is 6.17. The van der Waals surface area contributed by atoms with E-state index in [4.69, 9.17) is 0 Å². The van der Waals surface area contributed by atoms with E-state index in [0.29, 0.717) is 0 Å². The lowest BCUT2D eigenvalue weighted by Crippen LogP contribution is -2.47. The lowest BCUT2D eigenvalue weighted by molar-refractivity contribution is -0.0385. The zero-order chi connectivity index (χ0) is 16.3. The summed E-state index contributed by atoms with van der Waals surface area (Å²) >= 11 is 0. The third-order valence-corrected chi connectivity index (χ3v) is 5.59. The van der Waals surface area contributed by atoms with E-state index in [1.54, 1.807) is 12.1 Å². The number of nitrogens with zero attached hydrogens (tertiary/aromatic N) is 1. The second-order valence-electron chi connectivity index (χ2n) is 7.39. The van der Waals surface area contributed by atoms with Crippen molar-refractivity contribution in [2.24, 2.45) is 5.92 Å². The largest absolute Gasteiger partial charge is 0.389 e. The van der Waals surface area contributed by atoms with Crippen molar-refractivity contribution in [3.8, 4) is 0 Å². The van der Waals surface area contributed by atoms with E-state index in [-0.39, 0.29) is 11.7 Å². The maximum Gasteiger partial charge on any atom is 0.123 e. The van der Waals surface area contributed by atoms with Crippen LogP contribution >= 0.6 is 0 Å². The standard InChI is InChI=1S/C19H28FNO2/c20-17-6-4-15(5-7-17)18(22)16-8-12-21(13-9-16)14-19(23)10-2-1-3-11-19/h4-7,16,18,22-23H,1-3,8-14H2. The van der Waals surface area contributed by atoms with E-state index >= 15 is 0 Å². The molecular formula is C19H28FNO2. The van der Waals surface area contributed by atoms with Crippen LogP contribution in [0.15, 0.2) is 24.3 Å². The first-order valence-electron chi connectivity index (χ1n) is 8.94. The Hall–Kier alpha value is -0.970. The number of rotatable bonds is 4. The number of β-amino-alcohol motifs (C(OH)–C–C–N with tert-alkyl or cyclic N) is 1. The number of hydrogen-bond donors (Lipinski definition) is 2. The molecule has 2 N–H and O–H groups in total. The molecule has 1 aromatic rings. The Labute approximate surface area is 138 Å². The molecule has 1 aliphatic carbocycles. The van der Waals surface area contributed by atoms with Gasteiger partial charge < -0.3 is 15.1 Å². The van der Waals surface area contributed by atoms with Crippen molar-refractivity contribution in [2.75, 3.05) is 19.6 Å². The zero-order valence-electron chi connectivity index (χ0n) is 13.8. The maximum absolute atomic E-state index is 13.0. The van der Waals surface area contributed by atoms with Gasteiger partial charge in [0, 0.05) is 6.54 Å². The predicted octanol–water partition coefficient (Wildman–Crippen LogP) is 3.27. The molecule has 128 valence electrons. The number of hydrogen-bond acceptors (Lipinski definition) is 3. The Morgan fingerprint density at radius 1 is 1.09 bits per heavy atom. The fourth-order valence-corrected chi connectivity index (χ4v) is 4.14. The quantitative estimate of drug-likeness (QED) is 0.894. The topological polar surface area (TPSA) is 43.7 Å². The molecule has 1 saturated carbocycles. The molecule has 1 unspecified atom stereocenters. The van der Waals surface area contributed by atoms with Crippen LogP contribution in [0.5, 0.6) is 0 Å². The average Bonchev–Trinajstić information content (AvgIpc) is 2.56. The van der Waals surface area contributed by atoms with Crippen molar-refractivity contribution in [1.82, 2.24) is 4.90 Å². The number of likely N-dealkylation sites (tertiary alicyclic amines) is 1. The Kier molecular flexibility index (Phi) is 5.34.